The minimum absolute atomic E-state index is 0.307. The van der Waals surface area contributed by atoms with Crippen molar-refractivity contribution in [2.75, 3.05) is 47.0 Å². The minimum atomic E-state index is 0.307. The molecule has 2 N–H and O–H groups in total. The highest BCUT2D eigenvalue weighted by atomic mass is 16.5. The van der Waals surface area contributed by atoms with E-state index < -0.39 is 0 Å². The number of hydrogen-bond acceptors (Lipinski definition) is 5. The quantitative estimate of drug-likeness (QED) is 0.365. The number of hydrogen-bond donors (Lipinski definition) is 2. The fourth-order valence-corrected chi connectivity index (χ4v) is 3.55. The maximum Gasteiger partial charge on any atom is 0.191 e. The standard InChI is InChI=1S/C24H34N4O3/c1-19-17-28(12-14-30-19)18-21-6-4-5-20(15-21)16-27-24(25-2)26-11-13-31-23-9-7-22(29-3)8-10-23/h4-10,15,19H,11-14,16-18H2,1-3H3,(H2,25,26,27). The molecule has 1 aliphatic heterocycles. The molecule has 2 aromatic rings. The van der Waals surface area contributed by atoms with E-state index >= 15 is 0 Å². The van der Waals surface area contributed by atoms with Gasteiger partial charge in [-0.05, 0) is 42.3 Å². The van der Waals surface area contributed by atoms with Crippen LogP contribution < -0.4 is 20.1 Å². The average Bonchev–Trinajstić information content (AvgIpc) is 2.79. The molecule has 1 atom stereocenters. The first-order valence-corrected chi connectivity index (χ1v) is 10.8. The van der Waals surface area contributed by atoms with Crippen LogP contribution in [0.25, 0.3) is 0 Å². The molecule has 0 amide bonds. The average molecular weight is 427 g/mol. The second kappa shape index (κ2) is 12.2. The van der Waals surface area contributed by atoms with Gasteiger partial charge in [-0.15, -0.1) is 0 Å². The van der Waals surface area contributed by atoms with Crippen molar-refractivity contribution in [1.29, 1.82) is 0 Å². The predicted molar refractivity (Wildman–Crippen MR) is 124 cm³/mol. The summed E-state index contributed by atoms with van der Waals surface area (Å²) in [5.41, 5.74) is 2.56. The first kappa shape index (κ1) is 22.9. The zero-order valence-corrected chi connectivity index (χ0v) is 18.8. The predicted octanol–water partition coefficient (Wildman–Crippen LogP) is 2.66. The molecule has 1 unspecified atom stereocenters. The molecule has 168 valence electrons. The van der Waals surface area contributed by atoms with Gasteiger partial charge >= 0.3 is 0 Å². The molecule has 1 saturated heterocycles. The van der Waals surface area contributed by atoms with Crippen molar-refractivity contribution in [2.45, 2.75) is 26.1 Å². The lowest BCUT2D eigenvalue weighted by atomic mass is 10.1. The van der Waals surface area contributed by atoms with Crippen LogP contribution in [0.2, 0.25) is 0 Å². The minimum Gasteiger partial charge on any atom is -0.497 e. The van der Waals surface area contributed by atoms with Crippen molar-refractivity contribution >= 4 is 5.96 Å². The molecule has 0 radical (unpaired) electrons. The van der Waals surface area contributed by atoms with Crippen molar-refractivity contribution in [3.05, 3.63) is 59.7 Å². The number of aliphatic imine (C=N–C) groups is 1. The molecule has 0 saturated carbocycles. The Kier molecular flexibility index (Phi) is 8.99. The Labute approximate surface area is 185 Å². The number of rotatable bonds is 9. The Hall–Kier alpha value is -2.77. The molecule has 0 bridgehead atoms. The summed E-state index contributed by atoms with van der Waals surface area (Å²) >= 11 is 0. The molecule has 31 heavy (non-hydrogen) atoms. The van der Waals surface area contributed by atoms with Crippen LogP contribution in [-0.4, -0.2) is 64.0 Å². The summed E-state index contributed by atoms with van der Waals surface area (Å²) in [4.78, 5) is 6.74. The maximum atomic E-state index is 5.74. The summed E-state index contributed by atoms with van der Waals surface area (Å²) in [5, 5.41) is 6.66. The molecule has 7 heteroatoms. The van der Waals surface area contributed by atoms with E-state index in [1.54, 1.807) is 14.2 Å². The van der Waals surface area contributed by atoms with Gasteiger partial charge in [0.05, 0.1) is 26.4 Å². The van der Waals surface area contributed by atoms with E-state index in [4.69, 9.17) is 14.2 Å². The molecule has 1 fully saturated rings. The highest BCUT2D eigenvalue weighted by molar-refractivity contribution is 5.79. The highest BCUT2D eigenvalue weighted by Crippen LogP contribution is 2.16. The van der Waals surface area contributed by atoms with E-state index in [1.807, 2.05) is 24.3 Å². The molecule has 0 aromatic heterocycles. The number of nitrogens with zero attached hydrogens (tertiary/aromatic N) is 2. The van der Waals surface area contributed by atoms with E-state index in [2.05, 4.69) is 51.7 Å². The Bertz CT molecular complexity index is 826. The lowest BCUT2D eigenvalue weighted by Gasteiger charge is -2.31. The van der Waals surface area contributed by atoms with Crippen molar-refractivity contribution < 1.29 is 14.2 Å². The fraction of sp³-hybridized carbons (Fsp3) is 0.458. The van der Waals surface area contributed by atoms with Gasteiger partial charge in [-0.2, -0.15) is 0 Å². The van der Waals surface area contributed by atoms with Crippen LogP contribution in [0.1, 0.15) is 18.1 Å². The molecule has 3 rings (SSSR count). The van der Waals surface area contributed by atoms with E-state index in [0.717, 1.165) is 43.7 Å². The molecule has 0 spiro atoms. The van der Waals surface area contributed by atoms with Crippen LogP contribution in [0.4, 0.5) is 0 Å². The van der Waals surface area contributed by atoms with Crippen molar-refractivity contribution in [3.8, 4) is 11.5 Å². The number of morpholine rings is 1. The van der Waals surface area contributed by atoms with Crippen LogP contribution in [0.3, 0.4) is 0 Å². The van der Waals surface area contributed by atoms with Crippen LogP contribution in [0, 0.1) is 0 Å². The first-order valence-electron chi connectivity index (χ1n) is 10.8. The number of guanidine groups is 1. The number of ether oxygens (including phenoxy) is 3. The van der Waals surface area contributed by atoms with Gasteiger partial charge in [0.1, 0.15) is 18.1 Å². The number of benzene rings is 2. The Morgan fingerprint density at radius 1 is 1.13 bits per heavy atom. The number of methoxy groups -OCH3 is 1. The number of nitrogens with one attached hydrogen (secondary N) is 2. The van der Waals surface area contributed by atoms with Gasteiger partial charge in [0.2, 0.25) is 0 Å². The molecule has 7 nitrogen and oxygen atoms in total. The third-order valence-corrected chi connectivity index (χ3v) is 5.13. The zero-order valence-electron chi connectivity index (χ0n) is 18.8. The van der Waals surface area contributed by atoms with E-state index in [-0.39, 0.29) is 0 Å². The van der Waals surface area contributed by atoms with E-state index in [1.165, 1.54) is 11.1 Å². The third kappa shape index (κ3) is 7.77. The van der Waals surface area contributed by atoms with E-state index in [0.29, 0.717) is 25.8 Å². The molecule has 2 aromatic carbocycles. The third-order valence-electron chi connectivity index (χ3n) is 5.13. The topological polar surface area (TPSA) is 67.4 Å². The highest BCUT2D eigenvalue weighted by Gasteiger charge is 2.16. The van der Waals surface area contributed by atoms with Crippen LogP contribution in [0.5, 0.6) is 11.5 Å². The van der Waals surface area contributed by atoms with Crippen LogP contribution in [-0.2, 0) is 17.8 Å². The Morgan fingerprint density at radius 3 is 2.65 bits per heavy atom. The van der Waals surface area contributed by atoms with Gasteiger partial charge in [-0.1, -0.05) is 24.3 Å². The molecular weight excluding hydrogens is 392 g/mol. The second-order valence-corrected chi connectivity index (χ2v) is 7.61. The normalized spacial score (nSPS) is 17.3. The molecular formula is C24H34N4O3. The van der Waals surface area contributed by atoms with Gasteiger partial charge in [0.25, 0.3) is 0 Å². The van der Waals surface area contributed by atoms with Crippen molar-refractivity contribution in [2.24, 2.45) is 4.99 Å². The van der Waals surface area contributed by atoms with Crippen molar-refractivity contribution in [3.63, 3.8) is 0 Å². The maximum absolute atomic E-state index is 5.74. The summed E-state index contributed by atoms with van der Waals surface area (Å²) in [6.45, 7) is 7.78. The smallest absolute Gasteiger partial charge is 0.191 e. The van der Waals surface area contributed by atoms with Crippen molar-refractivity contribution in [1.82, 2.24) is 15.5 Å². The van der Waals surface area contributed by atoms with E-state index in [9.17, 15) is 0 Å². The van der Waals surface area contributed by atoms with Gasteiger partial charge in [0, 0.05) is 33.2 Å². The summed E-state index contributed by atoms with van der Waals surface area (Å²) in [6, 6.07) is 16.3. The molecule has 1 aliphatic rings. The van der Waals surface area contributed by atoms with Gasteiger partial charge < -0.3 is 24.8 Å². The SMILES string of the molecule is CN=C(NCCOc1ccc(OC)cc1)NCc1cccc(CN2CCOC(C)C2)c1. The summed E-state index contributed by atoms with van der Waals surface area (Å²) in [6.07, 6.45) is 0.307. The fourth-order valence-electron chi connectivity index (χ4n) is 3.55. The van der Waals surface area contributed by atoms with Gasteiger partial charge in [-0.3, -0.25) is 9.89 Å². The Morgan fingerprint density at radius 2 is 1.90 bits per heavy atom. The van der Waals surface area contributed by atoms with Crippen LogP contribution in [0.15, 0.2) is 53.5 Å². The summed E-state index contributed by atoms with van der Waals surface area (Å²) in [7, 11) is 3.43. The molecule has 0 aliphatic carbocycles. The lowest BCUT2D eigenvalue weighted by Crippen LogP contribution is -2.40. The lowest BCUT2D eigenvalue weighted by molar-refractivity contribution is -0.0212. The molecule has 1 heterocycles. The zero-order chi connectivity index (χ0) is 21.9. The second-order valence-electron chi connectivity index (χ2n) is 7.61. The van der Waals surface area contributed by atoms with Gasteiger partial charge in [0.15, 0.2) is 5.96 Å². The summed E-state index contributed by atoms with van der Waals surface area (Å²) < 4.78 is 16.5. The summed E-state index contributed by atoms with van der Waals surface area (Å²) in [5.74, 6) is 2.39. The Balaban J connectivity index is 1.39. The van der Waals surface area contributed by atoms with Crippen LogP contribution >= 0.6 is 0 Å². The van der Waals surface area contributed by atoms with Gasteiger partial charge in [-0.25, -0.2) is 0 Å². The first-order chi connectivity index (χ1) is 15.2. The largest absolute Gasteiger partial charge is 0.497 e. The monoisotopic (exact) mass is 426 g/mol.